The lowest BCUT2D eigenvalue weighted by Crippen LogP contribution is -2.05. The molecular formula is C14H12FN3O. The first-order valence-electron chi connectivity index (χ1n) is 5.66. The molecule has 4 nitrogen and oxygen atoms in total. The van der Waals surface area contributed by atoms with Crippen LogP contribution in [0, 0.1) is 17.1 Å². The topological polar surface area (TPSA) is 57.9 Å². The van der Waals surface area contributed by atoms with Crippen LogP contribution in [0.1, 0.15) is 11.1 Å². The van der Waals surface area contributed by atoms with Crippen molar-refractivity contribution in [2.75, 3.05) is 12.4 Å². The van der Waals surface area contributed by atoms with Gasteiger partial charge in [0.25, 0.3) is 0 Å². The molecule has 2 aromatic rings. The third kappa shape index (κ3) is 2.99. The average molecular weight is 257 g/mol. The quantitative estimate of drug-likeness (QED) is 0.914. The molecule has 1 aromatic carbocycles. The fourth-order valence-electron chi connectivity index (χ4n) is 1.63. The number of anilines is 1. The maximum Gasteiger partial charge on any atom is 0.169 e. The number of aromatic nitrogens is 1. The van der Waals surface area contributed by atoms with E-state index in [4.69, 9.17) is 10.00 Å². The Balaban J connectivity index is 2.13. The highest BCUT2D eigenvalue weighted by Gasteiger charge is 2.06. The third-order valence-corrected chi connectivity index (χ3v) is 2.62. The van der Waals surface area contributed by atoms with Gasteiger partial charge in [0.05, 0.1) is 18.7 Å². The van der Waals surface area contributed by atoms with Gasteiger partial charge in [0, 0.05) is 18.3 Å². The molecule has 1 heterocycles. The first-order valence-corrected chi connectivity index (χ1v) is 5.66. The second-order valence-corrected chi connectivity index (χ2v) is 3.83. The normalized spacial score (nSPS) is 9.74. The second kappa shape index (κ2) is 5.83. The van der Waals surface area contributed by atoms with Crippen molar-refractivity contribution in [1.29, 1.82) is 5.26 Å². The van der Waals surface area contributed by atoms with Crippen LogP contribution in [0.5, 0.6) is 5.75 Å². The molecule has 0 radical (unpaired) electrons. The lowest BCUT2D eigenvalue weighted by atomic mass is 10.1. The van der Waals surface area contributed by atoms with Crippen molar-refractivity contribution in [2.45, 2.75) is 6.54 Å². The van der Waals surface area contributed by atoms with Crippen LogP contribution in [-0.4, -0.2) is 12.1 Å². The van der Waals surface area contributed by atoms with E-state index in [0.29, 0.717) is 22.7 Å². The van der Waals surface area contributed by atoms with Crippen LogP contribution in [0.2, 0.25) is 0 Å². The Morgan fingerprint density at radius 2 is 2.26 bits per heavy atom. The number of hydrogen-bond acceptors (Lipinski definition) is 4. The molecule has 0 aliphatic rings. The second-order valence-electron chi connectivity index (χ2n) is 3.83. The van der Waals surface area contributed by atoms with Gasteiger partial charge in [-0.2, -0.15) is 5.26 Å². The van der Waals surface area contributed by atoms with E-state index in [2.05, 4.69) is 10.3 Å². The molecule has 1 aromatic heterocycles. The summed E-state index contributed by atoms with van der Waals surface area (Å²) in [7, 11) is 1.55. The molecule has 5 heteroatoms. The number of nitriles is 1. The summed E-state index contributed by atoms with van der Waals surface area (Å²) in [4.78, 5) is 4.12. The van der Waals surface area contributed by atoms with Crippen molar-refractivity contribution in [3.8, 4) is 11.8 Å². The van der Waals surface area contributed by atoms with Crippen molar-refractivity contribution in [3.63, 3.8) is 0 Å². The van der Waals surface area contributed by atoms with Crippen molar-refractivity contribution in [3.05, 3.63) is 53.5 Å². The van der Waals surface area contributed by atoms with Crippen molar-refractivity contribution in [2.24, 2.45) is 0 Å². The number of hydrogen-bond donors (Lipinski definition) is 1. The highest BCUT2D eigenvalue weighted by Crippen LogP contribution is 2.21. The zero-order valence-electron chi connectivity index (χ0n) is 10.4. The number of ether oxygens (including phenoxy) is 1. The van der Waals surface area contributed by atoms with E-state index in [9.17, 15) is 4.39 Å². The maximum absolute atomic E-state index is 13.7. The summed E-state index contributed by atoms with van der Waals surface area (Å²) in [5.74, 6) is 0.728. The molecule has 0 atom stereocenters. The molecule has 0 saturated carbocycles. The van der Waals surface area contributed by atoms with E-state index in [1.807, 2.05) is 6.07 Å². The Morgan fingerprint density at radius 1 is 1.42 bits per heavy atom. The minimum absolute atomic E-state index is 0.269. The summed E-state index contributed by atoms with van der Waals surface area (Å²) < 4.78 is 18.8. The number of methoxy groups -OCH3 is 1. The minimum Gasteiger partial charge on any atom is -0.493 e. The fraction of sp³-hybridized carbons (Fsp3) is 0.143. The van der Waals surface area contributed by atoms with Crippen LogP contribution in [0.3, 0.4) is 0 Å². The molecule has 0 saturated heterocycles. The Bertz CT molecular complexity index is 622. The highest BCUT2D eigenvalue weighted by atomic mass is 19.1. The number of nitrogens with zero attached hydrogens (tertiary/aromatic N) is 2. The predicted molar refractivity (Wildman–Crippen MR) is 69.2 cm³/mol. The first kappa shape index (κ1) is 12.8. The Kier molecular flexibility index (Phi) is 3.94. The van der Waals surface area contributed by atoms with Gasteiger partial charge >= 0.3 is 0 Å². The molecule has 0 aliphatic carbocycles. The Morgan fingerprint density at radius 3 is 2.95 bits per heavy atom. The number of pyridine rings is 1. The zero-order chi connectivity index (χ0) is 13.7. The highest BCUT2D eigenvalue weighted by molar-refractivity contribution is 5.49. The van der Waals surface area contributed by atoms with Crippen LogP contribution < -0.4 is 10.1 Å². The lowest BCUT2D eigenvalue weighted by molar-refractivity contribution is 0.414. The third-order valence-electron chi connectivity index (χ3n) is 2.62. The van der Waals surface area contributed by atoms with Gasteiger partial charge in [-0.25, -0.2) is 9.37 Å². The number of rotatable bonds is 4. The van der Waals surface area contributed by atoms with Gasteiger partial charge in [-0.1, -0.05) is 6.07 Å². The van der Waals surface area contributed by atoms with E-state index in [-0.39, 0.29) is 6.54 Å². The Labute approximate surface area is 110 Å². The first-order chi connectivity index (χ1) is 9.24. The van der Waals surface area contributed by atoms with Gasteiger partial charge in [-0.3, -0.25) is 0 Å². The van der Waals surface area contributed by atoms with Gasteiger partial charge in [0.15, 0.2) is 11.6 Å². The molecule has 0 bridgehead atoms. The molecule has 0 unspecified atom stereocenters. The minimum atomic E-state index is -0.415. The Hall–Kier alpha value is -2.61. The zero-order valence-corrected chi connectivity index (χ0v) is 10.4. The monoisotopic (exact) mass is 257 g/mol. The van der Waals surface area contributed by atoms with Gasteiger partial charge in [-0.15, -0.1) is 0 Å². The molecule has 0 fully saturated rings. The van der Waals surface area contributed by atoms with Gasteiger partial charge in [-0.05, 0) is 24.3 Å². The van der Waals surface area contributed by atoms with E-state index < -0.39 is 5.82 Å². The number of benzene rings is 1. The van der Waals surface area contributed by atoms with Crippen LogP contribution in [-0.2, 0) is 6.54 Å². The summed E-state index contributed by atoms with van der Waals surface area (Å²) in [6.07, 6.45) is 1.62. The molecule has 19 heavy (non-hydrogen) atoms. The van der Waals surface area contributed by atoms with Gasteiger partial charge < -0.3 is 10.1 Å². The summed E-state index contributed by atoms with van der Waals surface area (Å²) in [6, 6.07) is 9.79. The molecule has 0 aliphatic heterocycles. The number of nitrogens with one attached hydrogen (secondary N) is 1. The van der Waals surface area contributed by atoms with Crippen LogP contribution in [0.15, 0.2) is 36.5 Å². The molecule has 1 N–H and O–H groups in total. The van der Waals surface area contributed by atoms with Crippen molar-refractivity contribution in [1.82, 2.24) is 4.98 Å². The van der Waals surface area contributed by atoms with Crippen LogP contribution in [0.4, 0.5) is 10.2 Å². The van der Waals surface area contributed by atoms with E-state index in [0.717, 1.165) is 0 Å². The van der Waals surface area contributed by atoms with Gasteiger partial charge in [0.2, 0.25) is 0 Å². The van der Waals surface area contributed by atoms with Crippen LogP contribution in [0.25, 0.3) is 0 Å². The molecule has 0 spiro atoms. The van der Waals surface area contributed by atoms with E-state index >= 15 is 0 Å². The summed E-state index contributed by atoms with van der Waals surface area (Å²) in [5.41, 5.74) is 0.767. The summed E-state index contributed by atoms with van der Waals surface area (Å²) >= 11 is 0. The smallest absolute Gasteiger partial charge is 0.169 e. The summed E-state index contributed by atoms with van der Waals surface area (Å²) in [6.45, 7) is 0.269. The maximum atomic E-state index is 13.7. The summed E-state index contributed by atoms with van der Waals surface area (Å²) in [5, 5.41) is 11.7. The van der Waals surface area contributed by atoms with E-state index in [1.165, 1.54) is 6.07 Å². The molecular weight excluding hydrogens is 245 g/mol. The van der Waals surface area contributed by atoms with Crippen LogP contribution >= 0.6 is 0 Å². The molecule has 96 valence electrons. The molecule has 0 amide bonds. The largest absolute Gasteiger partial charge is 0.493 e. The van der Waals surface area contributed by atoms with Crippen molar-refractivity contribution >= 4 is 5.82 Å². The SMILES string of the molecule is COc1cccnc1NCc1ccc(C#N)cc1F. The predicted octanol–water partition coefficient (Wildman–Crippen LogP) is 2.71. The average Bonchev–Trinajstić information content (AvgIpc) is 2.46. The van der Waals surface area contributed by atoms with E-state index in [1.54, 1.807) is 37.6 Å². The fourth-order valence-corrected chi connectivity index (χ4v) is 1.63. The lowest BCUT2D eigenvalue weighted by Gasteiger charge is -2.10. The van der Waals surface area contributed by atoms with Gasteiger partial charge in [0.1, 0.15) is 5.82 Å². The van der Waals surface area contributed by atoms with Crippen molar-refractivity contribution < 1.29 is 9.13 Å². The number of halogens is 1. The standard InChI is InChI=1S/C14H12FN3O/c1-19-13-3-2-6-17-14(13)18-9-11-5-4-10(8-16)7-12(11)15/h2-7H,9H2,1H3,(H,17,18). The molecule has 2 rings (SSSR count).